The molecular weight excluding hydrogens is 422 g/mol. The van der Waals surface area contributed by atoms with Gasteiger partial charge in [0.1, 0.15) is 17.5 Å². The van der Waals surface area contributed by atoms with Crippen LogP contribution in [0, 0.1) is 11.3 Å². The molecule has 1 spiro atoms. The number of hydrogen-bond donors (Lipinski definition) is 4. The van der Waals surface area contributed by atoms with E-state index in [1.54, 1.807) is 25.1 Å². The number of fused-ring (bicyclic) bond motifs is 1. The minimum atomic E-state index is -0.526. The van der Waals surface area contributed by atoms with Gasteiger partial charge in [-0.2, -0.15) is 0 Å². The van der Waals surface area contributed by atoms with E-state index >= 15 is 0 Å². The third-order valence-corrected chi connectivity index (χ3v) is 7.45. The number of aromatic amines is 1. The second-order valence-electron chi connectivity index (χ2n) is 9.62. The maximum atomic E-state index is 13.5. The van der Waals surface area contributed by atoms with Gasteiger partial charge in [-0.1, -0.05) is 6.07 Å². The summed E-state index contributed by atoms with van der Waals surface area (Å²) in [6, 6.07) is 6.92. The van der Waals surface area contributed by atoms with Crippen molar-refractivity contribution in [2.45, 2.75) is 44.3 Å². The Morgan fingerprint density at radius 1 is 1.33 bits per heavy atom. The van der Waals surface area contributed by atoms with Crippen molar-refractivity contribution in [3.63, 3.8) is 0 Å². The Morgan fingerprint density at radius 3 is 2.82 bits per heavy atom. The summed E-state index contributed by atoms with van der Waals surface area (Å²) in [5, 5.41) is 9.84. The molecule has 5 rings (SSSR count). The van der Waals surface area contributed by atoms with Crippen LogP contribution in [0.15, 0.2) is 24.3 Å². The number of methoxy groups -OCH3 is 1. The molecule has 33 heavy (non-hydrogen) atoms. The van der Waals surface area contributed by atoms with Gasteiger partial charge >= 0.3 is 0 Å². The van der Waals surface area contributed by atoms with Gasteiger partial charge in [0.25, 0.3) is 5.91 Å². The number of rotatable bonds is 7. The van der Waals surface area contributed by atoms with Gasteiger partial charge < -0.3 is 30.6 Å². The highest BCUT2D eigenvalue weighted by Crippen LogP contribution is 2.55. The molecule has 3 amide bonds. The number of benzene rings is 1. The molecule has 1 aromatic heterocycles. The van der Waals surface area contributed by atoms with E-state index in [4.69, 9.17) is 4.74 Å². The average Bonchev–Trinajstić information content (AvgIpc) is 3.13. The monoisotopic (exact) mass is 453 g/mol. The Bertz CT molecular complexity index is 1090. The zero-order valence-corrected chi connectivity index (χ0v) is 19.1. The van der Waals surface area contributed by atoms with E-state index in [-0.39, 0.29) is 35.2 Å². The quantitative estimate of drug-likeness (QED) is 0.473. The number of nitrogens with zero attached hydrogens (tertiary/aromatic N) is 1. The highest BCUT2D eigenvalue weighted by Gasteiger charge is 2.55. The second kappa shape index (κ2) is 8.37. The molecule has 9 nitrogen and oxygen atoms in total. The van der Waals surface area contributed by atoms with Crippen LogP contribution in [0.1, 0.15) is 42.6 Å². The van der Waals surface area contributed by atoms with Crippen molar-refractivity contribution in [1.82, 2.24) is 25.8 Å². The molecule has 2 saturated heterocycles. The Morgan fingerprint density at radius 2 is 2.15 bits per heavy atom. The van der Waals surface area contributed by atoms with E-state index in [2.05, 4.69) is 20.9 Å². The lowest BCUT2D eigenvalue weighted by atomic mass is 10.0. The Hall–Kier alpha value is -3.07. The SMILES string of the molecule is CN[C@H](C[C@@H]1CCNC1=O)NC(=O)[C@@H]1CC2(CC2)CN1C(=O)c1cc2c(OC)cccc2[nH]1. The zero-order chi connectivity index (χ0) is 23.2. The first-order valence-electron chi connectivity index (χ1n) is 11.6. The van der Waals surface area contributed by atoms with Crippen LogP contribution in [-0.4, -0.2) is 67.1 Å². The smallest absolute Gasteiger partial charge is 0.271 e. The van der Waals surface area contributed by atoms with Crippen LogP contribution in [-0.2, 0) is 9.59 Å². The van der Waals surface area contributed by atoms with Crippen molar-refractivity contribution >= 4 is 28.6 Å². The lowest BCUT2D eigenvalue weighted by molar-refractivity contribution is -0.127. The summed E-state index contributed by atoms with van der Waals surface area (Å²) in [6.07, 6.45) is 3.73. The van der Waals surface area contributed by atoms with Gasteiger partial charge in [-0.15, -0.1) is 0 Å². The van der Waals surface area contributed by atoms with Gasteiger partial charge in [-0.3, -0.25) is 14.4 Å². The van der Waals surface area contributed by atoms with Crippen LogP contribution in [0.2, 0.25) is 0 Å². The lowest BCUT2D eigenvalue weighted by Crippen LogP contribution is -2.53. The standard InChI is InChI=1S/C24H31N5O4/c1-25-20(10-14-6-9-26-21(14)30)28-22(31)18-12-24(7-8-24)13-29(18)23(32)17-11-15-16(27-17)4-3-5-19(15)33-2/h3-5,11,14,18,20,25,27H,6-10,12-13H2,1-2H3,(H,26,30)(H,28,31)/t14-,18-,20-/m0/s1. The first-order valence-corrected chi connectivity index (χ1v) is 11.6. The number of carbonyl (C=O) groups excluding carboxylic acids is 3. The van der Waals surface area contributed by atoms with Crippen molar-refractivity contribution in [2.75, 3.05) is 27.2 Å². The zero-order valence-electron chi connectivity index (χ0n) is 19.1. The van der Waals surface area contributed by atoms with Gasteiger partial charge in [0, 0.05) is 29.9 Å². The maximum Gasteiger partial charge on any atom is 0.271 e. The van der Waals surface area contributed by atoms with E-state index in [0.717, 1.165) is 30.2 Å². The molecule has 9 heteroatoms. The summed E-state index contributed by atoms with van der Waals surface area (Å²) >= 11 is 0. The second-order valence-corrected chi connectivity index (χ2v) is 9.62. The number of hydrogen-bond acceptors (Lipinski definition) is 5. The van der Waals surface area contributed by atoms with Gasteiger partial charge in [0.15, 0.2) is 0 Å². The maximum absolute atomic E-state index is 13.5. The van der Waals surface area contributed by atoms with Crippen LogP contribution in [0.4, 0.5) is 0 Å². The molecule has 1 aromatic carbocycles. The van der Waals surface area contributed by atoms with Crippen LogP contribution in [0.25, 0.3) is 10.9 Å². The van der Waals surface area contributed by atoms with Gasteiger partial charge in [0.2, 0.25) is 11.8 Å². The number of nitrogens with one attached hydrogen (secondary N) is 4. The minimum Gasteiger partial charge on any atom is -0.496 e. The third kappa shape index (κ3) is 4.06. The van der Waals surface area contributed by atoms with Crippen LogP contribution >= 0.6 is 0 Å². The van der Waals surface area contributed by atoms with Crippen molar-refractivity contribution < 1.29 is 19.1 Å². The van der Waals surface area contributed by atoms with E-state index in [1.165, 1.54) is 0 Å². The molecule has 0 bridgehead atoms. The summed E-state index contributed by atoms with van der Waals surface area (Å²) in [7, 11) is 3.38. The molecule has 2 aliphatic heterocycles. The summed E-state index contributed by atoms with van der Waals surface area (Å²) in [6.45, 7) is 1.27. The predicted molar refractivity (Wildman–Crippen MR) is 123 cm³/mol. The van der Waals surface area contributed by atoms with Crippen molar-refractivity contribution in [2.24, 2.45) is 11.3 Å². The number of H-pyrrole nitrogens is 1. The summed E-state index contributed by atoms with van der Waals surface area (Å²) in [5.74, 6) is 0.283. The molecule has 0 unspecified atom stereocenters. The fourth-order valence-corrected chi connectivity index (χ4v) is 5.29. The van der Waals surface area contributed by atoms with E-state index < -0.39 is 6.04 Å². The molecule has 176 valence electrons. The number of carbonyl (C=O) groups is 3. The molecule has 1 saturated carbocycles. The predicted octanol–water partition coefficient (Wildman–Crippen LogP) is 1.36. The Kier molecular flexibility index (Phi) is 5.52. The fraction of sp³-hybridized carbons (Fsp3) is 0.542. The van der Waals surface area contributed by atoms with Crippen molar-refractivity contribution in [3.05, 3.63) is 30.0 Å². The highest BCUT2D eigenvalue weighted by molar-refractivity contribution is 6.02. The van der Waals surface area contributed by atoms with Crippen LogP contribution < -0.4 is 20.7 Å². The largest absolute Gasteiger partial charge is 0.496 e. The lowest BCUT2D eigenvalue weighted by Gasteiger charge is -2.27. The minimum absolute atomic E-state index is 0.0355. The Balaban J connectivity index is 1.34. The summed E-state index contributed by atoms with van der Waals surface area (Å²) in [5.41, 5.74) is 1.34. The fourth-order valence-electron chi connectivity index (χ4n) is 5.29. The van der Waals surface area contributed by atoms with Gasteiger partial charge in [-0.25, -0.2) is 0 Å². The Labute approximate surface area is 192 Å². The molecule has 3 aliphatic rings. The van der Waals surface area contributed by atoms with Crippen molar-refractivity contribution in [1.29, 1.82) is 0 Å². The van der Waals surface area contributed by atoms with Gasteiger partial charge in [0.05, 0.1) is 13.3 Å². The van der Waals surface area contributed by atoms with Gasteiger partial charge in [-0.05, 0) is 62.8 Å². The number of aromatic nitrogens is 1. The average molecular weight is 454 g/mol. The molecule has 4 N–H and O–H groups in total. The van der Waals surface area contributed by atoms with Crippen LogP contribution in [0.3, 0.4) is 0 Å². The molecule has 1 aliphatic carbocycles. The third-order valence-electron chi connectivity index (χ3n) is 7.45. The summed E-state index contributed by atoms with van der Waals surface area (Å²) in [4.78, 5) is 43.7. The molecule has 0 radical (unpaired) electrons. The number of amides is 3. The number of ether oxygens (including phenoxy) is 1. The molecular formula is C24H31N5O4. The van der Waals surface area contributed by atoms with Crippen LogP contribution in [0.5, 0.6) is 5.75 Å². The van der Waals surface area contributed by atoms with E-state index in [1.807, 2.05) is 18.2 Å². The summed E-state index contributed by atoms with van der Waals surface area (Å²) < 4.78 is 5.42. The van der Waals surface area contributed by atoms with Crippen molar-refractivity contribution in [3.8, 4) is 5.75 Å². The normalized spacial score (nSPS) is 24.2. The molecule has 3 heterocycles. The molecule has 3 fully saturated rings. The number of likely N-dealkylation sites (tertiary alicyclic amines) is 1. The first kappa shape index (κ1) is 21.8. The topological polar surface area (TPSA) is 116 Å². The van der Waals surface area contributed by atoms with E-state index in [9.17, 15) is 14.4 Å². The van der Waals surface area contributed by atoms with E-state index in [0.29, 0.717) is 37.4 Å². The first-order chi connectivity index (χ1) is 15.9. The highest BCUT2D eigenvalue weighted by atomic mass is 16.5. The molecule has 2 aromatic rings. The molecule has 3 atom stereocenters.